The zero-order valence-corrected chi connectivity index (χ0v) is 7.58. The van der Waals surface area contributed by atoms with Gasteiger partial charge in [0.1, 0.15) is 0 Å². The molecule has 2 heteroatoms. The Bertz CT molecular complexity index is 116. The van der Waals surface area contributed by atoms with Crippen molar-refractivity contribution in [2.45, 2.75) is 44.7 Å². The fourth-order valence-corrected chi connectivity index (χ4v) is 1.88. The third kappa shape index (κ3) is 2.17. The van der Waals surface area contributed by atoms with Crippen molar-refractivity contribution >= 4 is 0 Å². The lowest BCUT2D eigenvalue weighted by atomic mass is 10.1. The highest BCUT2D eigenvalue weighted by atomic mass is 16.2. The minimum atomic E-state index is 0.346. The van der Waals surface area contributed by atoms with Crippen LogP contribution in [0.5, 0.6) is 0 Å². The van der Waals surface area contributed by atoms with E-state index in [1.165, 1.54) is 12.8 Å². The van der Waals surface area contributed by atoms with Gasteiger partial charge in [0.2, 0.25) is 0 Å². The molecule has 0 radical (unpaired) electrons. The first-order valence-electron chi connectivity index (χ1n) is 4.58. The second kappa shape index (κ2) is 4.07. The fourth-order valence-electron chi connectivity index (χ4n) is 1.88. The van der Waals surface area contributed by atoms with E-state index in [0.717, 1.165) is 24.9 Å². The van der Waals surface area contributed by atoms with E-state index in [4.69, 9.17) is 5.11 Å². The van der Waals surface area contributed by atoms with Gasteiger partial charge in [0.25, 0.3) is 0 Å². The van der Waals surface area contributed by atoms with Gasteiger partial charge in [-0.25, -0.2) is 0 Å². The second-order valence-corrected chi connectivity index (χ2v) is 3.61. The molecule has 2 atom stereocenters. The molecule has 0 aromatic carbocycles. The van der Waals surface area contributed by atoms with Gasteiger partial charge in [0.05, 0.1) is 0 Å². The van der Waals surface area contributed by atoms with Crippen LogP contribution in [0.25, 0.3) is 0 Å². The average molecular weight is 157 g/mol. The molecule has 1 N–H and O–H groups in total. The summed E-state index contributed by atoms with van der Waals surface area (Å²) in [5.74, 6) is 0. The number of aliphatic hydroxyl groups is 1. The van der Waals surface area contributed by atoms with Gasteiger partial charge >= 0.3 is 0 Å². The standard InChI is InChI=1S/C9H19NO/c1-8-5-6-9(10(8)2)4-3-7-11/h8-9,11H,3-7H2,1-2H3/t8-,9+/m0/s1. The van der Waals surface area contributed by atoms with Crippen molar-refractivity contribution in [3.63, 3.8) is 0 Å². The van der Waals surface area contributed by atoms with Gasteiger partial charge in [-0.1, -0.05) is 0 Å². The number of likely N-dealkylation sites (tertiary alicyclic amines) is 1. The maximum Gasteiger partial charge on any atom is 0.0431 e. The lowest BCUT2D eigenvalue weighted by Crippen LogP contribution is -2.30. The van der Waals surface area contributed by atoms with E-state index in [-0.39, 0.29) is 0 Å². The zero-order chi connectivity index (χ0) is 8.27. The van der Waals surface area contributed by atoms with Crippen LogP contribution in [-0.4, -0.2) is 35.7 Å². The molecule has 0 aliphatic carbocycles. The summed E-state index contributed by atoms with van der Waals surface area (Å²) in [6.07, 6.45) is 4.77. The topological polar surface area (TPSA) is 23.5 Å². The van der Waals surface area contributed by atoms with Gasteiger partial charge in [-0.3, -0.25) is 0 Å². The Kier molecular flexibility index (Phi) is 3.34. The average Bonchev–Trinajstić information content (AvgIpc) is 2.31. The summed E-state index contributed by atoms with van der Waals surface area (Å²) < 4.78 is 0. The first-order chi connectivity index (χ1) is 5.25. The Morgan fingerprint density at radius 1 is 1.45 bits per heavy atom. The molecule has 1 heterocycles. The molecular formula is C9H19NO. The van der Waals surface area contributed by atoms with E-state index in [9.17, 15) is 0 Å². The van der Waals surface area contributed by atoms with E-state index >= 15 is 0 Å². The lowest BCUT2D eigenvalue weighted by Gasteiger charge is -2.22. The predicted molar refractivity (Wildman–Crippen MR) is 46.6 cm³/mol. The van der Waals surface area contributed by atoms with Gasteiger partial charge in [-0.15, -0.1) is 0 Å². The summed E-state index contributed by atoms with van der Waals surface area (Å²) in [7, 11) is 2.19. The summed E-state index contributed by atoms with van der Waals surface area (Å²) >= 11 is 0. The third-order valence-electron chi connectivity index (χ3n) is 2.88. The molecule has 0 unspecified atom stereocenters. The molecule has 66 valence electrons. The van der Waals surface area contributed by atoms with Crippen LogP contribution in [0.15, 0.2) is 0 Å². The van der Waals surface area contributed by atoms with Crippen molar-refractivity contribution in [2.24, 2.45) is 0 Å². The minimum absolute atomic E-state index is 0.346. The smallest absolute Gasteiger partial charge is 0.0431 e. The van der Waals surface area contributed by atoms with Gasteiger partial charge in [0.15, 0.2) is 0 Å². The molecular weight excluding hydrogens is 138 g/mol. The van der Waals surface area contributed by atoms with Crippen LogP contribution in [0, 0.1) is 0 Å². The van der Waals surface area contributed by atoms with Gasteiger partial charge in [-0.2, -0.15) is 0 Å². The minimum Gasteiger partial charge on any atom is -0.396 e. The molecule has 0 amide bonds. The highest BCUT2D eigenvalue weighted by molar-refractivity contribution is 4.82. The van der Waals surface area contributed by atoms with E-state index in [1.54, 1.807) is 0 Å². The lowest BCUT2D eigenvalue weighted by molar-refractivity contribution is 0.217. The molecule has 0 bridgehead atoms. The van der Waals surface area contributed by atoms with Crippen molar-refractivity contribution in [3.05, 3.63) is 0 Å². The van der Waals surface area contributed by atoms with E-state index < -0.39 is 0 Å². The van der Waals surface area contributed by atoms with Crippen LogP contribution in [-0.2, 0) is 0 Å². The van der Waals surface area contributed by atoms with Crippen LogP contribution in [0.3, 0.4) is 0 Å². The largest absolute Gasteiger partial charge is 0.396 e. The van der Waals surface area contributed by atoms with Gasteiger partial charge in [0, 0.05) is 18.7 Å². The number of hydrogen-bond acceptors (Lipinski definition) is 2. The van der Waals surface area contributed by atoms with Crippen LogP contribution < -0.4 is 0 Å². The molecule has 2 nitrogen and oxygen atoms in total. The summed E-state index contributed by atoms with van der Waals surface area (Å²) in [4.78, 5) is 2.44. The summed E-state index contributed by atoms with van der Waals surface area (Å²) in [5, 5.41) is 8.66. The number of rotatable bonds is 3. The van der Waals surface area contributed by atoms with Crippen molar-refractivity contribution in [3.8, 4) is 0 Å². The van der Waals surface area contributed by atoms with E-state index in [0.29, 0.717) is 6.61 Å². The van der Waals surface area contributed by atoms with Crippen LogP contribution >= 0.6 is 0 Å². The van der Waals surface area contributed by atoms with Gasteiger partial charge < -0.3 is 10.0 Å². The molecule has 0 aromatic heterocycles. The Morgan fingerprint density at radius 3 is 2.64 bits per heavy atom. The molecule has 0 saturated carbocycles. The Balaban J connectivity index is 2.24. The normalized spacial score (nSPS) is 33.0. The Hall–Kier alpha value is -0.0800. The molecule has 1 rings (SSSR count). The van der Waals surface area contributed by atoms with Gasteiger partial charge in [-0.05, 0) is 39.7 Å². The van der Waals surface area contributed by atoms with Crippen molar-refractivity contribution in [1.82, 2.24) is 4.90 Å². The molecule has 0 spiro atoms. The molecule has 11 heavy (non-hydrogen) atoms. The van der Waals surface area contributed by atoms with Crippen LogP contribution in [0.4, 0.5) is 0 Å². The number of aliphatic hydroxyl groups excluding tert-OH is 1. The second-order valence-electron chi connectivity index (χ2n) is 3.61. The maximum atomic E-state index is 8.66. The zero-order valence-electron chi connectivity index (χ0n) is 7.58. The summed E-state index contributed by atoms with van der Waals surface area (Å²) in [5.41, 5.74) is 0. The highest BCUT2D eigenvalue weighted by Crippen LogP contribution is 2.24. The SMILES string of the molecule is C[C@H]1CC[C@@H](CCCO)N1C. The van der Waals surface area contributed by atoms with Crippen molar-refractivity contribution < 1.29 is 5.11 Å². The molecule has 1 aliphatic heterocycles. The summed E-state index contributed by atoms with van der Waals surface area (Å²) in [6, 6.07) is 1.48. The van der Waals surface area contributed by atoms with E-state index in [2.05, 4.69) is 18.9 Å². The monoisotopic (exact) mass is 157 g/mol. The van der Waals surface area contributed by atoms with E-state index in [1.807, 2.05) is 0 Å². The quantitative estimate of drug-likeness (QED) is 0.666. The maximum absolute atomic E-state index is 8.66. The number of hydrogen-bond donors (Lipinski definition) is 1. The highest BCUT2D eigenvalue weighted by Gasteiger charge is 2.25. The Labute approximate surface area is 69.2 Å². The first kappa shape index (κ1) is 9.01. The summed E-state index contributed by atoms with van der Waals surface area (Å²) in [6.45, 7) is 2.62. The molecule has 0 aromatic rings. The van der Waals surface area contributed by atoms with Crippen molar-refractivity contribution in [2.75, 3.05) is 13.7 Å². The first-order valence-corrected chi connectivity index (χ1v) is 4.58. The van der Waals surface area contributed by atoms with Crippen LogP contribution in [0.2, 0.25) is 0 Å². The third-order valence-corrected chi connectivity index (χ3v) is 2.88. The molecule has 1 saturated heterocycles. The Morgan fingerprint density at radius 2 is 2.18 bits per heavy atom. The predicted octanol–water partition coefficient (Wildman–Crippen LogP) is 1.24. The van der Waals surface area contributed by atoms with Crippen molar-refractivity contribution in [1.29, 1.82) is 0 Å². The molecule has 1 aliphatic rings. The van der Waals surface area contributed by atoms with Crippen LogP contribution in [0.1, 0.15) is 32.6 Å². The number of nitrogens with zero attached hydrogens (tertiary/aromatic N) is 1. The fraction of sp³-hybridized carbons (Fsp3) is 1.00. The molecule has 1 fully saturated rings.